The molecule has 146 valence electrons. The van der Waals surface area contributed by atoms with Crippen LogP contribution >= 0.6 is 11.8 Å². The zero-order chi connectivity index (χ0) is 19.8. The molecule has 2 saturated heterocycles. The lowest BCUT2D eigenvalue weighted by molar-refractivity contribution is -0.154. The van der Waals surface area contributed by atoms with Crippen LogP contribution < -0.4 is 5.32 Å². The lowest BCUT2D eigenvalue weighted by Gasteiger charge is -2.32. The topological polar surface area (TPSA) is 75.7 Å². The first-order chi connectivity index (χ1) is 12.9. The molecule has 0 spiro atoms. The van der Waals surface area contributed by atoms with Crippen molar-refractivity contribution >= 4 is 29.5 Å². The summed E-state index contributed by atoms with van der Waals surface area (Å²) in [5.74, 6) is -2.72. The van der Waals surface area contributed by atoms with E-state index < -0.39 is 35.2 Å². The zero-order valence-corrected chi connectivity index (χ0v) is 16.3. The third-order valence-corrected chi connectivity index (χ3v) is 6.13. The highest BCUT2D eigenvalue weighted by Gasteiger charge is 2.68. The van der Waals surface area contributed by atoms with Gasteiger partial charge in [0.15, 0.2) is 0 Å². The van der Waals surface area contributed by atoms with E-state index in [0.717, 1.165) is 0 Å². The van der Waals surface area contributed by atoms with Gasteiger partial charge in [0.25, 0.3) is 0 Å². The predicted octanol–water partition coefficient (Wildman–Crippen LogP) is 1.76. The first-order valence-corrected chi connectivity index (χ1v) is 10.3. The lowest BCUT2D eigenvalue weighted by Crippen LogP contribution is -2.56. The molecule has 4 atom stereocenters. The number of ether oxygens (including phenoxy) is 1. The number of fused-ring (bicyclic) bond motifs is 1. The van der Waals surface area contributed by atoms with Crippen LogP contribution in [-0.2, 0) is 19.1 Å². The molecule has 0 unspecified atom stereocenters. The predicted molar refractivity (Wildman–Crippen MR) is 99.4 cm³/mol. The molecule has 0 radical (unpaired) electrons. The number of carbonyl (C=O) groups is 3. The molecule has 6 nitrogen and oxygen atoms in total. The van der Waals surface area contributed by atoms with E-state index in [4.69, 9.17) is 4.74 Å². The fourth-order valence-electron chi connectivity index (χ4n) is 4.33. The van der Waals surface area contributed by atoms with Gasteiger partial charge < -0.3 is 4.74 Å². The number of thioether (sulfide) groups is 1. The number of benzene rings is 1. The minimum atomic E-state index is -1.31. The van der Waals surface area contributed by atoms with Crippen molar-refractivity contribution in [2.75, 3.05) is 25.7 Å². The van der Waals surface area contributed by atoms with Crippen LogP contribution in [0.1, 0.15) is 24.9 Å². The molecule has 27 heavy (non-hydrogen) atoms. The van der Waals surface area contributed by atoms with Gasteiger partial charge in [-0.1, -0.05) is 12.1 Å². The number of rotatable bonds is 6. The largest absolute Gasteiger partial charge is 0.468 e. The van der Waals surface area contributed by atoms with Gasteiger partial charge in [-0.15, -0.1) is 0 Å². The SMILES string of the molecule is CCN1C(=O)[C@@H]2[C@H](c3cccc(F)c3)N[C@@](CCSC)(C(=O)OC)[C@H]2C1=O. The number of nitrogens with one attached hydrogen (secondary N) is 1. The summed E-state index contributed by atoms with van der Waals surface area (Å²) in [5.41, 5.74) is -0.769. The summed E-state index contributed by atoms with van der Waals surface area (Å²) in [5, 5.41) is 3.22. The number of nitrogens with zero attached hydrogens (tertiary/aromatic N) is 1. The average molecular weight is 394 g/mol. The number of carbonyl (C=O) groups excluding carboxylic acids is 3. The molecule has 2 amide bonds. The Morgan fingerprint density at radius 1 is 1.37 bits per heavy atom. The molecule has 0 aromatic heterocycles. The summed E-state index contributed by atoms with van der Waals surface area (Å²) in [4.78, 5) is 40.1. The Hall–Kier alpha value is -1.93. The third-order valence-electron chi connectivity index (χ3n) is 5.52. The Morgan fingerprint density at radius 2 is 2.11 bits per heavy atom. The van der Waals surface area contributed by atoms with Crippen molar-refractivity contribution in [3.05, 3.63) is 35.6 Å². The monoisotopic (exact) mass is 394 g/mol. The van der Waals surface area contributed by atoms with Crippen molar-refractivity contribution in [3.8, 4) is 0 Å². The highest BCUT2D eigenvalue weighted by atomic mass is 32.2. The molecular weight excluding hydrogens is 371 g/mol. The number of esters is 1. The van der Waals surface area contributed by atoms with Gasteiger partial charge in [-0.05, 0) is 43.0 Å². The molecule has 0 aliphatic carbocycles. The number of likely N-dealkylation sites (tertiary alicyclic amines) is 1. The van der Waals surface area contributed by atoms with Crippen LogP contribution in [0.15, 0.2) is 24.3 Å². The second-order valence-electron chi connectivity index (χ2n) is 6.81. The van der Waals surface area contributed by atoms with Gasteiger partial charge in [-0.3, -0.25) is 24.6 Å². The van der Waals surface area contributed by atoms with Crippen LogP contribution in [0.3, 0.4) is 0 Å². The summed E-state index contributed by atoms with van der Waals surface area (Å²) in [6.07, 6.45) is 2.24. The summed E-state index contributed by atoms with van der Waals surface area (Å²) in [6.45, 7) is 1.96. The summed E-state index contributed by atoms with van der Waals surface area (Å²) >= 11 is 1.54. The van der Waals surface area contributed by atoms with Crippen LogP contribution in [0.2, 0.25) is 0 Å². The molecule has 2 aliphatic rings. The van der Waals surface area contributed by atoms with Gasteiger partial charge in [-0.2, -0.15) is 11.8 Å². The summed E-state index contributed by atoms with van der Waals surface area (Å²) in [7, 11) is 1.27. The maximum atomic E-state index is 13.8. The Morgan fingerprint density at radius 3 is 2.70 bits per heavy atom. The molecule has 1 aromatic carbocycles. The second kappa shape index (κ2) is 7.59. The number of amides is 2. The molecule has 0 bridgehead atoms. The van der Waals surface area contributed by atoms with Crippen LogP contribution in [-0.4, -0.2) is 53.9 Å². The minimum absolute atomic E-state index is 0.236. The van der Waals surface area contributed by atoms with Crippen molar-refractivity contribution < 1.29 is 23.5 Å². The van der Waals surface area contributed by atoms with Crippen molar-refractivity contribution in [1.29, 1.82) is 0 Å². The Labute approximate surface area is 161 Å². The van der Waals surface area contributed by atoms with Gasteiger partial charge in [0.1, 0.15) is 11.4 Å². The molecule has 1 aromatic rings. The third kappa shape index (κ3) is 3.04. The van der Waals surface area contributed by atoms with Gasteiger partial charge in [0, 0.05) is 12.6 Å². The maximum Gasteiger partial charge on any atom is 0.326 e. The molecular formula is C19H23FN2O4S. The number of hydrogen-bond donors (Lipinski definition) is 1. The van der Waals surface area contributed by atoms with E-state index in [1.807, 2.05) is 6.26 Å². The van der Waals surface area contributed by atoms with E-state index in [1.54, 1.807) is 19.1 Å². The molecule has 1 N–H and O–H groups in total. The second-order valence-corrected chi connectivity index (χ2v) is 7.79. The van der Waals surface area contributed by atoms with E-state index in [-0.39, 0.29) is 18.4 Å². The fourth-order valence-corrected chi connectivity index (χ4v) is 4.85. The summed E-state index contributed by atoms with van der Waals surface area (Å²) in [6, 6.07) is 5.27. The molecule has 2 heterocycles. The zero-order valence-electron chi connectivity index (χ0n) is 15.5. The molecule has 8 heteroatoms. The number of methoxy groups -OCH3 is 1. The number of halogens is 1. The van der Waals surface area contributed by atoms with Crippen LogP contribution in [0.5, 0.6) is 0 Å². The van der Waals surface area contributed by atoms with Crippen LogP contribution in [0, 0.1) is 17.7 Å². The smallest absolute Gasteiger partial charge is 0.326 e. The van der Waals surface area contributed by atoms with Crippen molar-refractivity contribution in [2.24, 2.45) is 11.8 Å². The molecule has 3 rings (SSSR count). The summed E-state index contributed by atoms with van der Waals surface area (Å²) < 4.78 is 18.9. The first kappa shape index (κ1) is 19.8. The van der Waals surface area contributed by atoms with Crippen LogP contribution in [0.4, 0.5) is 4.39 Å². The van der Waals surface area contributed by atoms with E-state index >= 15 is 0 Å². The molecule has 2 fully saturated rings. The number of imide groups is 1. The minimum Gasteiger partial charge on any atom is -0.468 e. The first-order valence-electron chi connectivity index (χ1n) is 8.87. The molecule has 0 saturated carbocycles. The Balaban J connectivity index is 2.14. The average Bonchev–Trinajstić information content (AvgIpc) is 3.14. The van der Waals surface area contributed by atoms with Crippen molar-refractivity contribution in [3.63, 3.8) is 0 Å². The van der Waals surface area contributed by atoms with Crippen LogP contribution in [0.25, 0.3) is 0 Å². The Bertz CT molecular complexity index is 774. The molecule has 2 aliphatic heterocycles. The van der Waals surface area contributed by atoms with Crippen molar-refractivity contribution in [2.45, 2.75) is 24.9 Å². The van der Waals surface area contributed by atoms with Gasteiger partial charge in [0.2, 0.25) is 11.8 Å². The van der Waals surface area contributed by atoms with E-state index in [9.17, 15) is 18.8 Å². The highest BCUT2D eigenvalue weighted by molar-refractivity contribution is 7.98. The van der Waals surface area contributed by atoms with E-state index in [1.165, 1.54) is 35.9 Å². The Kier molecular flexibility index (Phi) is 5.58. The van der Waals surface area contributed by atoms with Gasteiger partial charge in [-0.25, -0.2) is 4.39 Å². The standard InChI is InChI=1S/C19H23FN2O4S/c1-4-22-16(23)13-14(17(22)24)19(8-9-27-3,18(25)26-2)21-15(13)11-6-5-7-12(20)10-11/h5-7,10,13-15,21H,4,8-9H2,1-3H3/t13-,14+,15-,19+/m0/s1. The lowest BCUT2D eigenvalue weighted by atomic mass is 9.78. The van der Waals surface area contributed by atoms with Crippen molar-refractivity contribution in [1.82, 2.24) is 10.2 Å². The van der Waals surface area contributed by atoms with E-state index in [0.29, 0.717) is 17.7 Å². The fraction of sp³-hybridized carbons (Fsp3) is 0.526. The van der Waals surface area contributed by atoms with Gasteiger partial charge >= 0.3 is 5.97 Å². The van der Waals surface area contributed by atoms with E-state index in [2.05, 4.69) is 5.32 Å². The number of hydrogen-bond acceptors (Lipinski definition) is 6. The van der Waals surface area contributed by atoms with Gasteiger partial charge in [0.05, 0.1) is 18.9 Å². The quantitative estimate of drug-likeness (QED) is 0.585. The normalized spacial score (nSPS) is 29.9. The maximum absolute atomic E-state index is 13.8. The highest BCUT2D eigenvalue weighted by Crippen LogP contribution is 2.50.